The van der Waals surface area contributed by atoms with Crippen molar-refractivity contribution in [2.45, 2.75) is 0 Å². The summed E-state index contributed by atoms with van der Waals surface area (Å²) in [5, 5.41) is 22.0. The third kappa shape index (κ3) is 2.48. The second kappa shape index (κ2) is 5.18. The Morgan fingerprint density at radius 1 is 0.667 bits per heavy atom. The van der Waals surface area contributed by atoms with Crippen LogP contribution in [0.15, 0.2) is 47.2 Å². The van der Waals surface area contributed by atoms with Gasteiger partial charge in [0.1, 0.15) is 23.1 Å². The standard InChI is InChI=1S/C16H10F2O2S/c17-15-5-9(19)1-3-11(15)13-7-21-8-14(13)12-4-2-10(20)6-16(12)18/h1-8,19-20H. The zero-order chi connectivity index (χ0) is 15.0. The van der Waals surface area contributed by atoms with Crippen molar-refractivity contribution in [2.24, 2.45) is 0 Å². The molecule has 2 nitrogen and oxygen atoms in total. The van der Waals surface area contributed by atoms with Gasteiger partial charge in [-0.1, -0.05) is 0 Å². The van der Waals surface area contributed by atoms with Crippen LogP contribution >= 0.6 is 11.3 Å². The minimum atomic E-state index is -0.575. The largest absolute Gasteiger partial charge is 0.508 e. The van der Waals surface area contributed by atoms with Gasteiger partial charge in [-0.05, 0) is 35.0 Å². The topological polar surface area (TPSA) is 40.5 Å². The minimum absolute atomic E-state index is 0.163. The van der Waals surface area contributed by atoms with Crippen LogP contribution in [0.4, 0.5) is 8.78 Å². The predicted molar refractivity (Wildman–Crippen MR) is 78.4 cm³/mol. The maximum atomic E-state index is 14.0. The number of halogens is 2. The highest BCUT2D eigenvalue weighted by molar-refractivity contribution is 7.08. The van der Waals surface area contributed by atoms with E-state index >= 15 is 0 Å². The highest BCUT2D eigenvalue weighted by Gasteiger charge is 2.15. The molecule has 0 amide bonds. The van der Waals surface area contributed by atoms with E-state index in [1.165, 1.54) is 35.6 Å². The van der Waals surface area contributed by atoms with Crippen molar-refractivity contribution in [3.8, 4) is 33.8 Å². The number of benzene rings is 2. The van der Waals surface area contributed by atoms with Crippen molar-refractivity contribution >= 4 is 11.3 Å². The number of hydrogen-bond donors (Lipinski definition) is 2. The van der Waals surface area contributed by atoms with Gasteiger partial charge in [-0.2, -0.15) is 11.3 Å². The van der Waals surface area contributed by atoms with Crippen LogP contribution in [0.5, 0.6) is 11.5 Å². The molecule has 5 heteroatoms. The fraction of sp³-hybridized carbons (Fsp3) is 0. The molecule has 0 aliphatic carbocycles. The summed E-state index contributed by atoms with van der Waals surface area (Å²) < 4.78 is 28.0. The van der Waals surface area contributed by atoms with E-state index in [9.17, 15) is 19.0 Å². The van der Waals surface area contributed by atoms with Crippen molar-refractivity contribution in [3.63, 3.8) is 0 Å². The lowest BCUT2D eigenvalue weighted by Crippen LogP contribution is -1.87. The maximum Gasteiger partial charge on any atom is 0.134 e. The third-order valence-corrected chi connectivity index (χ3v) is 3.89. The van der Waals surface area contributed by atoms with Gasteiger partial charge in [-0.3, -0.25) is 0 Å². The van der Waals surface area contributed by atoms with Crippen molar-refractivity contribution in [3.05, 3.63) is 58.8 Å². The van der Waals surface area contributed by atoms with E-state index in [4.69, 9.17) is 0 Å². The average molecular weight is 304 g/mol. The summed E-state index contributed by atoms with van der Waals surface area (Å²) in [4.78, 5) is 0. The van der Waals surface area contributed by atoms with Crippen molar-refractivity contribution in [2.75, 3.05) is 0 Å². The Labute approximate surface area is 123 Å². The Bertz CT molecular complexity index is 746. The zero-order valence-corrected chi connectivity index (χ0v) is 11.5. The highest BCUT2D eigenvalue weighted by Crippen LogP contribution is 2.38. The van der Waals surface area contributed by atoms with E-state index in [-0.39, 0.29) is 22.6 Å². The fourth-order valence-electron chi connectivity index (χ4n) is 2.16. The Morgan fingerprint density at radius 2 is 1.10 bits per heavy atom. The van der Waals surface area contributed by atoms with Crippen LogP contribution in [0.3, 0.4) is 0 Å². The summed E-state index contributed by atoms with van der Waals surface area (Å²) in [5.41, 5.74) is 1.66. The van der Waals surface area contributed by atoms with Crippen LogP contribution in [-0.2, 0) is 0 Å². The first-order valence-electron chi connectivity index (χ1n) is 6.10. The van der Waals surface area contributed by atoms with E-state index in [1.807, 2.05) is 0 Å². The Kier molecular flexibility index (Phi) is 3.35. The normalized spacial score (nSPS) is 10.8. The third-order valence-electron chi connectivity index (χ3n) is 3.15. The molecule has 1 aromatic heterocycles. The number of phenols is 2. The molecular weight excluding hydrogens is 294 g/mol. The number of rotatable bonds is 2. The first-order chi connectivity index (χ1) is 10.1. The molecule has 0 spiro atoms. The van der Waals surface area contributed by atoms with E-state index in [0.717, 1.165) is 12.1 Å². The summed E-state index contributed by atoms with van der Waals surface area (Å²) in [5.74, 6) is -1.48. The summed E-state index contributed by atoms with van der Waals surface area (Å²) in [7, 11) is 0. The molecule has 0 saturated carbocycles. The van der Waals surface area contributed by atoms with Gasteiger partial charge < -0.3 is 10.2 Å². The second-order valence-corrected chi connectivity index (χ2v) is 5.27. The van der Waals surface area contributed by atoms with Gasteiger partial charge in [0.05, 0.1) is 0 Å². The van der Waals surface area contributed by atoms with E-state index in [1.54, 1.807) is 10.8 Å². The summed E-state index contributed by atoms with van der Waals surface area (Å²) in [6.07, 6.45) is 0. The maximum absolute atomic E-state index is 14.0. The molecule has 3 rings (SSSR count). The van der Waals surface area contributed by atoms with Gasteiger partial charge in [0.2, 0.25) is 0 Å². The summed E-state index contributed by atoms with van der Waals surface area (Å²) in [6, 6.07) is 7.71. The fourth-order valence-corrected chi connectivity index (χ4v) is 3.01. The molecule has 0 atom stereocenters. The van der Waals surface area contributed by atoms with Gasteiger partial charge in [-0.25, -0.2) is 8.78 Å². The first-order valence-corrected chi connectivity index (χ1v) is 7.04. The van der Waals surface area contributed by atoms with Crippen LogP contribution in [0, 0.1) is 11.6 Å². The Morgan fingerprint density at radius 3 is 1.48 bits per heavy atom. The summed E-state index contributed by atoms with van der Waals surface area (Å²) >= 11 is 1.32. The molecule has 0 bridgehead atoms. The molecule has 0 aliphatic rings. The van der Waals surface area contributed by atoms with Gasteiger partial charge in [0, 0.05) is 34.4 Å². The quantitative estimate of drug-likeness (QED) is 0.716. The molecule has 0 fully saturated rings. The second-order valence-electron chi connectivity index (χ2n) is 4.53. The molecule has 0 aliphatic heterocycles. The summed E-state index contributed by atoms with van der Waals surface area (Å²) in [6.45, 7) is 0. The van der Waals surface area contributed by atoms with Gasteiger partial charge >= 0.3 is 0 Å². The predicted octanol–water partition coefficient (Wildman–Crippen LogP) is 4.77. The van der Waals surface area contributed by atoms with E-state index in [2.05, 4.69) is 0 Å². The zero-order valence-electron chi connectivity index (χ0n) is 10.7. The van der Waals surface area contributed by atoms with Gasteiger partial charge in [0.15, 0.2) is 0 Å². The van der Waals surface area contributed by atoms with E-state index in [0.29, 0.717) is 11.1 Å². The smallest absolute Gasteiger partial charge is 0.134 e. The molecule has 106 valence electrons. The number of aromatic hydroxyl groups is 2. The van der Waals surface area contributed by atoms with Crippen LogP contribution in [0.1, 0.15) is 0 Å². The van der Waals surface area contributed by atoms with Crippen molar-refractivity contribution in [1.29, 1.82) is 0 Å². The number of phenolic OH excluding ortho intramolecular Hbond substituents is 2. The minimum Gasteiger partial charge on any atom is -0.508 e. The molecule has 3 aromatic rings. The van der Waals surface area contributed by atoms with Crippen LogP contribution < -0.4 is 0 Å². The lowest BCUT2D eigenvalue weighted by Gasteiger charge is -2.08. The van der Waals surface area contributed by atoms with Gasteiger partial charge in [0.25, 0.3) is 0 Å². The van der Waals surface area contributed by atoms with Gasteiger partial charge in [-0.15, -0.1) is 0 Å². The molecular formula is C16H10F2O2S. The molecule has 0 radical (unpaired) electrons. The van der Waals surface area contributed by atoms with Crippen molar-refractivity contribution < 1.29 is 19.0 Å². The lowest BCUT2D eigenvalue weighted by atomic mass is 9.98. The molecule has 2 aromatic carbocycles. The van der Waals surface area contributed by atoms with Crippen molar-refractivity contribution in [1.82, 2.24) is 0 Å². The SMILES string of the molecule is Oc1ccc(-c2cscc2-c2ccc(O)cc2F)c(F)c1. The molecule has 1 heterocycles. The molecule has 2 N–H and O–H groups in total. The van der Waals surface area contributed by atoms with Crippen LogP contribution in [-0.4, -0.2) is 10.2 Å². The molecule has 0 unspecified atom stereocenters. The molecule has 21 heavy (non-hydrogen) atoms. The molecule has 0 saturated heterocycles. The monoisotopic (exact) mass is 304 g/mol. The first kappa shape index (κ1) is 13.6. The number of hydrogen-bond acceptors (Lipinski definition) is 3. The Hall–Kier alpha value is -2.40. The van der Waals surface area contributed by atoms with E-state index < -0.39 is 11.6 Å². The van der Waals surface area contributed by atoms with Crippen LogP contribution in [0.25, 0.3) is 22.3 Å². The van der Waals surface area contributed by atoms with Crippen LogP contribution in [0.2, 0.25) is 0 Å². The highest BCUT2D eigenvalue weighted by atomic mass is 32.1. The lowest BCUT2D eigenvalue weighted by molar-refractivity contribution is 0.468. The number of thiophene rings is 1. The Balaban J connectivity index is 2.17. The average Bonchev–Trinajstić information content (AvgIpc) is 2.87.